The van der Waals surface area contributed by atoms with Gasteiger partial charge in [0.1, 0.15) is 12.4 Å². The molecule has 3 fully saturated rings. The lowest BCUT2D eigenvalue weighted by Crippen LogP contribution is -2.60. The lowest BCUT2D eigenvalue weighted by atomic mass is 9.40. The first-order valence-corrected chi connectivity index (χ1v) is 16.8. The maximum Gasteiger partial charge on any atom is 0.238 e. The minimum Gasteiger partial charge on any atom is -0.295 e. The largest absolute Gasteiger partial charge is 0.295 e. The summed E-state index contributed by atoms with van der Waals surface area (Å²) in [5, 5.41) is 9.83. The summed E-state index contributed by atoms with van der Waals surface area (Å²) < 4.78 is 1.67. The summed E-state index contributed by atoms with van der Waals surface area (Å²) in [6, 6.07) is 2.16. The number of carbonyl (C=O) groups is 3. The van der Waals surface area contributed by atoms with Crippen molar-refractivity contribution in [1.29, 1.82) is 5.26 Å². The molecule has 7 heteroatoms. The number of aromatic nitrogens is 2. The highest BCUT2D eigenvalue weighted by Gasteiger charge is 2.65. The summed E-state index contributed by atoms with van der Waals surface area (Å²) in [7, 11) is 0. The maximum atomic E-state index is 14.6. The Balaban J connectivity index is 1.40. The zero-order valence-electron chi connectivity index (χ0n) is 27.5. The third-order valence-electron chi connectivity index (χ3n) is 12.7. The number of ketones is 2. The van der Waals surface area contributed by atoms with Crippen LogP contribution < -0.4 is 0 Å². The molecule has 9 atom stereocenters. The molecule has 3 saturated carbocycles. The van der Waals surface area contributed by atoms with Gasteiger partial charge < -0.3 is 0 Å². The highest BCUT2D eigenvalue weighted by Crippen LogP contribution is 2.68. The Morgan fingerprint density at radius 1 is 1.09 bits per heavy atom. The van der Waals surface area contributed by atoms with Gasteiger partial charge in [-0.05, 0) is 94.0 Å². The van der Waals surface area contributed by atoms with Gasteiger partial charge in [0.25, 0.3) is 0 Å². The molecule has 236 valence electrons. The molecule has 0 N–H and O–H groups in total. The standard InChI is InChI=1S/C38H46N4O3/c1-7-9-25(20-40-8-2)30-21-42(22-41-30)35(45)38-14-10-23(3)16-29(38)33-28(12-15-38)36(5)13-11-27-24(4)34(44)26(19-39)18-37(27,6)32(36)17-31(33)43/h7-9,17-18,20-24,27-29,33H,10-16H2,1-6H3/b9-7-,25-20+,40-8?. The molecule has 0 amide bonds. The summed E-state index contributed by atoms with van der Waals surface area (Å²) in [5.74, 6) is 0.236. The molecule has 7 nitrogen and oxygen atoms in total. The molecule has 9 unspecified atom stereocenters. The lowest BCUT2D eigenvalue weighted by Gasteiger charge is -2.63. The summed E-state index contributed by atoms with van der Waals surface area (Å²) in [6.07, 6.45) is 20.6. The van der Waals surface area contributed by atoms with Gasteiger partial charge in [-0.1, -0.05) is 51.5 Å². The molecule has 0 saturated heterocycles. The van der Waals surface area contributed by atoms with E-state index < -0.39 is 10.8 Å². The first kappa shape index (κ1) is 31.3. The van der Waals surface area contributed by atoms with Crippen LogP contribution in [0.3, 0.4) is 0 Å². The number of Topliss-reactive ketones (excluding diaryl/α,β-unsaturated/α-hetero) is 1. The number of fused-ring (bicyclic) bond motifs is 7. The monoisotopic (exact) mass is 606 g/mol. The normalized spacial score (nSPS) is 39.8. The van der Waals surface area contributed by atoms with Gasteiger partial charge in [0, 0.05) is 41.4 Å². The van der Waals surface area contributed by atoms with E-state index in [0.29, 0.717) is 11.6 Å². The van der Waals surface area contributed by atoms with Gasteiger partial charge in [-0.3, -0.25) is 23.9 Å². The fraction of sp³-hybridized carbons (Fsp3) is 0.579. The van der Waals surface area contributed by atoms with Crippen molar-refractivity contribution in [2.24, 2.45) is 56.7 Å². The van der Waals surface area contributed by atoms with Crippen LogP contribution in [0, 0.1) is 63.1 Å². The van der Waals surface area contributed by atoms with Crippen LogP contribution in [-0.4, -0.2) is 33.2 Å². The average molecular weight is 607 g/mol. The fourth-order valence-electron chi connectivity index (χ4n) is 10.5. The summed E-state index contributed by atoms with van der Waals surface area (Å²) in [5.41, 5.74) is 1.50. The van der Waals surface area contributed by atoms with Crippen molar-refractivity contribution in [1.82, 2.24) is 9.55 Å². The molecule has 0 spiro atoms. The SMILES string of the molecule is CC=N/C=C(\C=C/C)c1cn(C(=O)C23CCC(C)CC2C2C(=O)C=C4C5(C)C=C(C#N)C(=O)C(C)C5CCC4(C)C2CC3)cn1. The molecule has 45 heavy (non-hydrogen) atoms. The number of imidazole rings is 1. The third kappa shape index (κ3) is 4.62. The number of allylic oxidation sites excluding steroid dienone is 7. The predicted octanol–water partition coefficient (Wildman–Crippen LogP) is 7.58. The smallest absolute Gasteiger partial charge is 0.238 e. The minimum atomic E-state index is -0.615. The molecule has 0 aromatic carbocycles. The van der Waals surface area contributed by atoms with Crippen LogP contribution in [0.4, 0.5) is 0 Å². The van der Waals surface area contributed by atoms with Gasteiger partial charge >= 0.3 is 0 Å². The number of aliphatic imine (C=N–C) groups is 1. The number of hydrogen-bond donors (Lipinski definition) is 0. The van der Waals surface area contributed by atoms with Crippen molar-refractivity contribution in [3.63, 3.8) is 0 Å². The van der Waals surface area contributed by atoms with Crippen molar-refractivity contribution in [3.8, 4) is 6.07 Å². The van der Waals surface area contributed by atoms with Crippen molar-refractivity contribution >= 4 is 29.3 Å². The second-order valence-corrected chi connectivity index (χ2v) is 14.9. The topological polar surface area (TPSA) is 105 Å². The van der Waals surface area contributed by atoms with Gasteiger partial charge in [-0.15, -0.1) is 0 Å². The number of hydrogen-bond acceptors (Lipinski definition) is 6. The Kier molecular flexibility index (Phi) is 7.86. The Morgan fingerprint density at radius 3 is 2.53 bits per heavy atom. The van der Waals surface area contributed by atoms with E-state index in [9.17, 15) is 19.6 Å². The van der Waals surface area contributed by atoms with Crippen molar-refractivity contribution in [2.45, 2.75) is 86.5 Å². The van der Waals surface area contributed by atoms with Crippen LogP contribution in [0.15, 0.2) is 59.2 Å². The summed E-state index contributed by atoms with van der Waals surface area (Å²) >= 11 is 0. The third-order valence-corrected chi connectivity index (χ3v) is 12.7. The maximum absolute atomic E-state index is 14.6. The highest BCUT2D eigenvalue weighted by molar-refractivity contribution is 6.02. The van der Waals surface area contributed by atoms with E-state index in [4.69, 9.17) is 0 Å². The Morgan fingerprint density at radius 2 is 1.82 bits per heavy atom. The number of rotatable bonds is 4. The van der Waals surface area contributed by atoms with Crippen LogP contribution in [0.1, 0.15) is 97.0 Å². The molecular weight excluding hydrogens is 560 g/mol. The first-order chi connectivity index (χ1) is 21.4. The van der Waals surface area contributed by atoms with Crippen LogP contribution in [0.25, 0.3) is 5.57 Å². The molecule has 0 bridgehead atoms. The number of nitriles is 1. The van der Waals surface area contributed by atoms with E-state index >= 15 is 0 Å². The van der Waals surface area contributed by atoms with E-state index in [1.807, 2.05) is 51.3 Å². The van der Waals surface area contributed by atoms with Crippen molar-refractivity contribution in [2.75, 3.05) is 0 Å². The van der Waals surface area contributed by atoms with Gasteiger partial charge in [-0.25, -0.2) is 4.98 Å². The second-order valence-electron chi connectivity index (χ2n) is 14.9. The molecule has 5 aliphatic rings. The van der Waals surface area contributed by atoms with E-state index in [1.54, 1.807) is 23.3 Å². The minimum absolute atomic E-state index is 0.0432. The van der Waals surface area contributed by atoms with Crippen molar-refractivity contribution in [3.05, 3.63) is 59.9 Å². The molecular formula is C38H46N4O3. The van der Waals surface area contributed by atoms with Gasteiger partial charge in [0.15, 0.2) is 11.6 Å². The van der Waals surface area contributed by atoms with E-state index in [-0.39, 0.29) is 58.1 Å². The van der Waals surface area contributed by atoms with Crippen LogP contribution in [0.5, 0.6) is 0 Å². The Bertz CT molecular complexity index is 1630. The summed E-state index contributed by atoms with van der Waals surface area (Å²) in [6.45, 7) is 12.5. The van der Waals surface area contributed by atoms with Crippen LogP contribution in [0.2, 0.25) is 0 Å². The quantitative estimate of drug-likeness (QED) is 0.260. The molecule has 1 aromatic rings. The predicted molar refractivity (Wildman–Crippen MR) is 175 cm³/mol. The van der Waals surface area contributed by atoms with Gasteiger partial charge in [0.2, 0.25) is 5.91 Å². The second kappa shape index (κ2) is 11.3. The zero-order valence-corrected chi connectivity index (χ0v) is 27.5. The molecule has 1 aromatic heterocycles. The number of nitrogens with zero attached hydrogens (tertiary/aromatic N) is 4. The zero-order chi connectivity index (χ0) is 32.3. The highest BCUT2D eigenvalue weighted by atomic mass is 16.2. The molecule has 1 heterocycles. The molecule has 6 rings (SSSR count). The average Bonchev–Trinajstić information content (AvgIpc) is 3.51. The Hall–Kier alpha value is -3.66. The fourth-order valence-corrected chi connectivity index (χ4v) is 10.5. The molecule has 5 aliphatic carbocycles. The molecule has 0 radical (unpaired) electrons. The Labute approximate surface area is 267 Å². The first-order valence-electron chi connectivity index (χ1n) is 16.8. The van der Waals surface area contributed by atoms with Gasteiger partial charge in [0.05, 0.1) is 16.7 Å². The van der Waals surface area contributed by atoms with Gasteiger partial charge in [-0.2, -0.15) is 5.26 Å². The van der Waals surface area contributed by atoms with E-state index in [0.717, 1.165) is 56.1 Å². The lowest BCUT2D eigenvalue weighted by molar-refractivity contribution is -0.139. The van der Waals surface area contributed by atoms with E-state index in [2.05, 4.69) is 36.8 Å². The number of carbonyl (C=O) groups excluding carboxylic acids is 3. The molecule has 0 aliphatic heterocycles. The van der Waals surface area contributed by atoms with Crippen LogP contribution in [-0.2, 0) is 9.59 Å². The summed E-state index contributed by atoms with van der Waals surface area (Å²) in [4.78, 5) is 51.0. The van der Waals surface area contributed by atoms with E-state index in [1.165, 1.54) is 0 Å². The van der Waals surface area contributed by atoms with Crippen LogP contribution >= 0.6 is 0 Å². The van der Waals surface area contributed by atoms with Crippen molar-refractivity contribution < 1.29 is 14.4 Å².